The van der Waals surface area contributed by atoms with Gasteiger partial charge in [0, 0.05) is 6.54 Å². The Kier molecular flexibility index (Phi) is 3.36. The number of piperidine rings is 1. The normalized spacial score (nSPS) is 30.5. The Morgan fingerprint density at radius 2 is 2.15 bits per heavy atom. The number of hydrogen-bond donors (Lipinski definition) is 2. The highest BCUT2D eigenvalue weighted by Gasteiger charge is 2.34. The molecule has 0 radical (unpaired) electrons. The maximum Gasteiger partial charge on any atom is 0.0777 e. The van der Waals surface area contributed by atoms with Crippen LogP contribution in [0.1, 0.15) is 46.5 Å². The monoisotopic (exact) mass is 185 g/mol. The van der Waals surface area contributed by atoms with Gasteiger partial charge in [0.05, 0.1) is 5.60 Å². The maximum atomic E-state index is 10.3. The molecule has 1 unspecified atom stereocenters. The zero-order valence-corrected chi connectivity index (χ0v) is 9.19. The zero-order valence-electron chi connectivity index (χ0n) is 9.19. The summed E-state index contributed by atoms with van der Waals surface area (Å²) in [6.45, 7) is 8.50. The minimum atomic E-state index is -0.447. The van der Waals surface area contributed by atoms with Crippen LogP contribution >= 0.6 is 0 Å². The number of β-amino-alcohol motifs (C(OH)–C–C–N with tert-alkyl or cyclic N) is 1. The van der Waals surface area contributed by atoms with Crippen molar-refractivity contribution in [2.24, 2.45) is 5.41 Å². The third-order valence-corrected chi connectivity index (χ3v) is 3.21. The topological polar surface area (TPSA) is 32.3 Å². The predicted octanol–water partition coefficient (Wildman–Crippen LogP) is 1.93. The van der Waals surface area contributed by atoms with Crippen LogP contribution in [0, 0.1) is 5.41 Å². The Labute approximate surface area is 81.7 Å². The van der Waals surface area contributed by atoms with Crippen LogP contribution in [0.5, 0.6) is 0 Å². The maximum absolute atomic E-state index is 10.3. The Hall–Kier alpha value is -0.0800. The van der Waals surface area contributed by atoms with E-state index in [4.69, 9.17) is 0 Å². The van der Waals surface area contributed by atoms with Crippen LogP contribution in [0.4, 0.5) is 0 Å². The van der Waals surface area contributed by atoms with E-state index in [0.29, 0.717) is 0 Å². The van der Waals surface area contributed by atoms with Crippen molar-refractivity contribution in [2.75, 3.05) is 13.1 Å². The number of nitrogens with one attached hydrogen (secondary N) is 1. The Bertz CT molecular complexity index is 159. The van der Waals surface area contributed by atoms with Gasteiger partial charge in [-0.2, -0.15) is 0 Å². The Morgan fingerprint density at radius 3 is 2.62 bits per heavy atom. The van der Waals surface area contributed by atoms with Gasteiger partial charge in [-0.25, -0.2) is 0 Å². The highest BCUT2D eigenvalue weighted by Crippen LogP contribution is 2.34. The van der Waals surface area contributed by atoms with Crippen molar-refractivity contribution in [3.63, 3.8) is 0 Å². The minimum absolute atomic E-state index is 0.272. The molecule has 1 aliphatic heterocycles. The number of aliphatic hydroxyl groups is 1. The summed E-state index contributed by atoms with van der Waals surface area (Å²) in [5.41, 5.74) is -0.175. The standard InChI is InChI=1S/C11H23NO/c1-4-10(2,3)8-11(13)6-5-7-12-9-11/h12-13H,4-9H2,1-3H3. The first-order chi connectivity index (χ1) is 5.97. The third kappa shape index (κ3) is 3.28. The second kappa shape index (κ2) is 3.97. The fraction of sp³-hybridized carbons (Fsp3) is 1.00. The second-order valence-electron chi connectivity index (χ2n) is 5.20. The molecule has 0 aromatic carbocycles. The summed E-state index contributed by atoms with van der Waals surface area (Å²) in [6, 6.07) is 0. The first-order valence-electron chi connectivity index (χ1n) is 5.41. The van der Waals surface area contributed by atoms with Crippen molar-refractivity contribution in [3.05, 3.63) is 0 Å². The Morgan fingerprint density at radius 1 is 1.46 bits per heavy atom. The van der Waals surface area contributed by atoms with E-state index in [1.807, 2.05) is 0 Å². The van der Waals surface area contributed by atoms with Crippen molar-refractivity contribution in [1.82, 2.24) is 5.32 Å². The van der Waals surface area contributed by atoms with Crippen molar-refractivity contribution >= 4 is 0 Å². The quantitative estimate of drug-likeness (QED) is 0.704. The molecule has 1 rings (SSSR count). The van der Waals surface area contributed by atoms with Gasteiger partial charge >= 0.3 is 0 Å². The molecule has 1 atom stereocenters. The Balaban J connectivity index is 2.49. The molecule has 2 nitrogen and oxygen atoms in total. The van der Waals surface area contributed by atoms with Gasteiger partial charge in [-0.05, 0) is 31.2 Å². The SMILES string of the molecule is CCC(C)(C)CC1(O)CCCNC1. The highest BCUT2D eigenvalue weighted by atomic mass is 16.3. The van der Waals surface area contributed by atoms with E-state index in [1.54, 1.807) is 0 Å². The molecule has 0 aromatic heterocycles. The number of hydrogen-bond acceptors (Lipinski definition) is 2. The van der Waals surface area contributed by atoms with E-state index in [1.165, 1.54) is 0 Å². The predicted molar refractivity (Wildman–Crippen MR) is 55.7 cm³/mol. The van der Waals surface area contributed by atoms with E-state index < -0.39 is 5.60 Å². The van der Waals surface area contributed by atoms with Crippen LogP contribution < -0.4 is 5.32 Å². The molecule has 13 heavy (non-hydrogen) atoms. The molecule has 0 aromatic rings. The number of rotatable bonds is 3. The van der Waals surface area contributed by atoms with Crippen LogP contribution in [0.3, 0.4) is 0 Å². The smallest absolute Gasteiger partial charge is 0.0777 e. The molecule has 1 aliphatic rings. The summed E-state index contributed by atoms with van der Waals surface area (Å²) in [4.78, 5) is 0. The van der Waals surface area contributed by atoms with Crippen molar-refractivity contribution in [1.29, 1.82) is 0 Å². The molecule has 1 saturated heterocycles. The van der Waals surface area contributed by atoms with Crippen molar-refractivity contribution in [2.45, 2.75) is 52.1 Å². The second-order valence-corrected chi connectivity index (χ2v) is 5.20. The summed E-state index contributed by atoms with van der Waals surface area (Å²) in [5, 5.41) is 13.5. The zero-order chi connectivity index (χ0) is 9.95. The summed E-state index contributed by atoms with van der Waals surface area (Å²) in [5.74, 6) is 0. The van der Waals surface area contributed by atoms with Crippen LogP contribution in [0.15, 0.2) is 0 Å². The van der Waals surface area contributed by atoms with E-state index in [0.717, 1.165) is 38.8 Å². The molecule has 78 valence electrons. The summed E-state index contributed by atoms with van der Waals surface area (Å²) >= 11 is 0. The van der Waals surface area contributed by atoms with E-state index in [-0.39, 0.29) is 5.41 Å². The molecule has 0 aliphatic carbocycles. The molecule has 0 saturated carbocycles. The molecule has 2 N–H and O–H groups in total. The lowest BCUT2D eigenvalue weighted by atomic mass is 9.75. The largest absolute Gasteiger partial charge is 0.389 e. The first-order valence-corrected chi connectivity index (χ1v) is 5.41. The van der Waals surface area contributed by atoms with Gasteiger partial charge in [0.25, 0.3) is 0 Å². The highest BCUT2D eigenvalue weighted by molar-refractivity contribution is 4.89. The molecule has 1 heterocycles. The van der Waals surface area contributed by atoms with Crippen molar-refractivity contribution in [3.8, 4) is 0 Å². The van der Waals surface area contributed by atoms with Gasteiger partial charge < -0.3 is 10.4 Å². The van der Waals surface area contributed by atoms with Gasteiger partial charge in [0.2, 0.25) is 0 Å². The fourth-order valence-electron chi connectivity index (χ4n) is 2.12. The lowest BCUT2D eigenvalue weighted by Gasteiger charge is -2.38. The lowest BCUT2D eigenvalue weighted by Crippen LogP contribution is -2.47. The molecule has 0 amide bonds. The molecular formula is C11H23NO. The molecule has 2 heteroatoms. The van der Waals surface area contributed by atoms with E-state index >= 15 is 0 Å². The van der Waals surface area contributed by atoms with Crippen molar-refractivity contribution < 1.29 is 5.11 Å². The lowest BCUT2D eigenvalue weighted by molar-refractivity contribution is -0.0221. The van der Waals surface area contributed by atoms with Gasteiger partial charge in [0.1, 0.15) is 0 Å². The van der Waals surface area contributed by atoms with Crippen LogP contribution in [-0.4, -0.2) is 23.8 Å². The fourth-order valence-corrected chi connectivity index (χ4v) is 2.12. The van der Waals surface area contributed by atoms with Gasteiger partial charge in [-0.15, -0.1) is 0 Å². The van der Waals surface area contributed by atoms with E-state index in [9.17, 15) is 5.11 Å². The molecule has 0 spiro atoms. The van der Waals surface area contributed by atoms with E-state index in [2.05, 4.69) is 26.1 Å². The van der Waals surface area contributed by atoms with Gasteiger partial charge in [-0.1, -0.05) is 27.2 Å². The van der Waals surface area contributed by atoms with Gasteiger partial charge in [0.15, 0.2) is 0 Å². The summed E-state index contributed by atoms with van der Waals surface area (Å²) < 4.78 is 0. The summed E-state index contributed by atoms with van der Waals surface area (Å²) in [7, 11) is 0. The third-order valence-electron chi connectivity index (χ3n) is 3.21. The molecule has 1 fully saturated rings. The van der Waals surface area contributed by atoms with Gasteiger partial charge in [-0.3, -0.25) is 0 Å². The van der Waals surface area contributed by atoms with Crippen LogP contribution in [-0.2, 0) is 0 Å². The first kappa shape index (κ1) is 11.0. The molecular weight excluding hydrogens is 162 g/mol. The minimum Gasteiger partial charge on any atom is -0.389 e. The average Bonchev–Trinajstić information content (AvgIpc) is 2.04. The van der Waals surface area contributed by atoms with Crippen LogP contribution in [0.25, 0.3) is 0 Å². The van der Waals surface area contributed by atoms with Crippen LogP contribution in [0.2, 0.25) is 0 Å². The average molecular weight is 185 g/mol. The molecule has 0 bridgehead atoms. The summed E-state index contributed by atoms with van der Waals surface area (Å²) in [6.07, 6.45) is 4.12.